The fourth-order valence-electron chi connectivity index (χ4n) is 2.25. The van der Waals surface area contributed by atoms with Gasteiger partial charge in [0.05, 0.1) is 0 Å². The second kappa shape index (κ2) is 7.07. The van der Waals surface area contributed by atoms with Crippen LogP contribution in [-0.2, 0) is 0 Å². The first-order chi connectivity index (χ1) is 10.1. The Morgan fingerprint density at radius 3 is 2.00 bits per heavy atom. The maximum absolute atomic E-state index is 12.9. The van der Waals surface area contributed by atoms with Crippen LogP contribution < -0.4 is 5.32 Å². The van der Waals surface area contributed by atoms with E-state index in [1.807, 2.05) is 24.3 Å². The molecular weight excluding hydrogens is 261 g/mol. The molecule has 110 valence electrons. The Morgan fingerprint density at radius 1 is 1.00 bits per heavy atom. The zero-order valence-corrected chi connectivity index (χ0v) is 12.9. The first-order valence-electron chi connectivity index (χ1n) is 7.41. The van der Waals surface area contributed by atoms with Gasteiger partial charge in [-0.2, -0.15) is 0 Å². The van der Waals surface area contributed by atoms with Gasteiger partial charge < -0.3 is 5.32 Å². The molecule has 2 rings (SSSR count). The summed E-state index contributed by atoms with van der Waals surface area (Å²) in [5.41, 5.74) is 4.57. The van der Waals surface area contributed by atoms with Crippen LogP contribution in [0.4, 0.5) is 10.1 Å². The number of halogens is 1. The molecule has 0 heterocycles. The fraction of sp³-hybridized carbons (Fsp3) is 0.263. The summed E-state index contributed by atoms with van der Waals surface area (Å²) < 4.78 is 12.9. The number of rotatable bonds is 5. The third-order valence-electron chi connectivity index (χ3n) is 3.64. The van der Waals surface area contributed by atoms with Crippen molar-refractivity contribution in [1.29, 1.82) is 0 Å². The lowest BCUT2D eigenvalue weighted by Gasteiger charge is -2.10. The second-order valence-electron chi connectivity index (χ2n) is 5.46. The lowest BCUT2D eigenvalue weighted by atomic mass is 10.0. The van der Waals surface area contributed by atoms with Crippen LogP contribution in [0, 0.1) is 11.7 Å². The Bertz CT molecular complexity index is 594. The summed E-state index contributed by atoms with van der Waals surface area (Å²) in [6.07, 6.45) is 3.15. The molecule has 0 amide bonds. The topological polar surface area (TPSA) is 12.0 Å². The van der Waals surface area contributed by atoms with Gasteiger partial charge in [0.1, 0.15) is 5.82 Å². The average Bonchev–Trinajstić information content (AvgIpc) is 2.49. The van der Waals surface area contributed by atoms with E-state index in [2.05, 4.69) is 32.3 Å². The number of hydrogen-bond acceptors (Lipinski definition) is 1. The molecule has 21 heavy (non-hydrogen) atoms. The Labute approximate surface area is 126 Å². The maximum atomic E-state index is 12.9. The molecular formula is C19H22FN. The molecule has 0 bridgehead atoms. The van der Waals surface area contributed by atoms with Crippen LogP contribution in [0.2, 0.25) is 0 Å². The van der Waals surface area contributed by atoms with Crippen LogP contribution in [0.15, 0.2) is 60.3 Å². The van der Waals surface area contributed by atoms with Crippen molar-refractivity contribution in [2.24, 2.45) is 5.92 Å². The van der Waals surface area contributed by atoms with E-state index in [1.165, 1.54) is 17.7 Å². The maximum Gasteiger partial charge on any atom is 0.123 e. The molecule has 0 atom stereocenters. The SMILES string of the molecule is CC/C(=C\Nc1ccc(-c2ccc(F)cc2)cc1)C(C)C. The van der Waals surface area contributed by atoms with Crippen LogP contribution in [0.25, 0.3) is 11.1 Å². The van der Waals surface area contributed by atoms with E-state index < -0.39 is 0 Å². The van der Waals surface area contributed by atoms with Crippen LogP contribution in [-0.4, -0.2) is 0 Å². The minimum Gasteiger partial charge on any atom is -0.362 e. The third-order valence-corrected chi connectivity index (χ3v) is 3.64. The summed E-state index contributed by atoms with van der Waals surface area (Å²) in [5.74, 6) is 0.351. The standard InChI is InChI=1S/C19H22FN/c1-4-15(14(2)3)13-21-19-11-7-17(8-12-19)16-5-9-18(20)10-6-16/h5-14,21H,4H2,1-3H3/b15-13+. The number of allylic oxidation sites excluding steroid dienone is 1. The summed E-state index contributed by atoms with van der Waals surface area (Å²) in [6, 6.07) is 14.7. The van der Waals surface area contributed by atoms with Gasteiger partial charge in [-0.25, -0.2) is 4.39 Å². The first kappa shape index (κ1) is 15.3. The average molecular weight is 283 g/mol. The minimum atomic E-state index is -0.206. The Balaban J connectivity index is 2.10. The fourth-order valence-corrected chi connectivity index (χ4v) is 2.25. The highest BCUT2D eigenvalue weighted by Crippen LogP contribution is 2.22. The summed E-state index contributed by atoms with van der Waals surface area (Å²) in [6.45, 7) is 6.58. The largest absolute Gasteiger partial charge is 0.362 e. The third kappa shape index (κ3) is 4.19. The van der Waals surface area contributed by atoms with E-state index >= 15 is 0 Å². The number of hydrogen-bond donors (Lipinski definition) is 1. The molecule has 0 aromatic heterocycles. The van der Waals surface area contributed by atoms with Crippen molar-refractivity contribution in [2.45, 2.75) is 27.2 Å². The number of nitrogens with one attached hydrogen (secondary N) is 1. The van der Waals surface area contributed by atoms with Crippen molar-refractivity contribution in [3.05, 3.63) is 66.1 Å². The van der Waals surface area contributed by atoms with Gasteiger partial charge in [-0.1, -0.05) is 50.6 Å². The number of anilines is 1. The molecule has 2 heteroatoms. The highest BCUT2D eigenvalue weighted by atomic mass is 19.1. The monoisotopic (exact) mass is 283 g/mol. The lowest BCUT2D eigenvalue weighted by molar-refractivity contribution is 0.628. The predicted octanol–water partition coefficient (Wildman–Crippen LogP) is 5.85. The molecule has 2 aromatic rings. The molecule has 1 nitrogen and oxygen atoms in total. The molecule has 0 unspecified atom stereocenters. The predicted molar refractivity (Wildman–Crippen MR) is 88.7 cm³/mol. The van der Waals surface area contributed by atoms with E-state index in [9.17, 15) is 4.39 Å². The van der Waals surface area contributed by atoms with Gasteiger partial charge in [-0.15, -0.1) is 0 Å². The van der Waals surface area contributed by atoms with Crippen molar-refractivity contribution in [3.8, 4) is 11.1 Å². The van der Waals surface area contributed by atoms with E-state index in [4.69, 9.17) is 0 Å². The smallest absolute Gasteiger partial charge is 0.123 e. The van der Waals surface area contributed by atoms with Gasteiger partial charge in [0.15, 0.2) is 0 Å². The van der Waals surface area contributed by atoms with E-state index in [0.29, 0.717) is 5.92 Å². The summed E-state index contributed by atoms with van der Waals surface area (Å²) in [5, 5.41) is 3.34. The van der Waals surface area contributed by atoms with Crippen LogP contribution in [0.5, 0.6) is 0 Å². The molecule has 0 aliphatic rings. The molecule has 0 fully saturated rings. The zero-order valence-electron chi connectivity index (χ0n) is 12.9. The molecule has 1 N–H and O–H groups in total. The van der Waals surface area contributed by atoms with Gasteiger partial charge in [0.25, 0.3) is 0 Å². The van der Waals surface area contributed by atoms with Crippen LogP contribution in [0.3, 0.4) is 0 Å². The van der Waals surface area contributed by atoms with Crippen molar-refractivity contribution < 1.29 is 4.39 Å². The zero-order chi connectivity index (χ0) is 15.2. The van der Waals surface area contributed by atoms with Gasteiger partial charge in [-0.3, -0.25) is 0 Å². The normalized spacial score (nSPS) is 11.8. The van der Waals surface area contributed by atoms with E-state index in [0.717, 1.165) is 23.2 Å². The number of benzene rings is 2. The first-order valence-corrected chi connectivity index (χ1v) is 7.41. The summed E-state index contributed by atoms with van der Waals surface area (Å²) in [7, 11) is 0. The van der Waals surface area contributed by atoms with Crippen molar-refractivity contribution >= 4 is 5.69 Å². The van der Waals surface area contributed by atoms with Gasteiger partial charge in [0, 0.05) is 11.9 Å². The molecule has 0 saturated heterocycles. The van der Waals surface area contributed by atoms with Gasteiger partial charge in [-0.05, 0) is 47.7 Å². The second-order valence-corrected chi connectivity index (χ2v) is 5.46. The van der Waals surface area contributed by atoms with Gasteiger partial charge in [0.2, 0.25) is 0 Å². The Hall–Kier alpha value is -2.09. The van der Waals surface area contributed by atoms with Crippen LogP contribution >= 0.6 is 0 Å². The van der Waals surface area contributed by atoms with Crippen molar-refractivity contribution in [1.82, 2.24) is 0 Å². The highest BCUT2D eigenvalue weighted by Gasteiger charge is 2.01. The quantitative estimate of drug-likeness (QED) is 0.725. The minimum absolute atomic E-state index is 0.206. The highest BCUT2D eigenvalue weighted by molar-refractivity contribution is 5.66. The Morgan fingerprint density at radius 2 is 1.52 bits per heavy atom. The molecule has 0 radical (unpaired) electrons. The van der Waals surface area contributed by atoms with Gasteiger partial charge >= 0.3 is 0 Å². The summed E-state index contributed by atoms with van der Waals surface area (Å²) >= 11 is 0. The van der Waals surface area contributed by atoms with Crippen molar-refractivity contribution in [3.63, 3.8) is 0 Å². The van der Waals surface area contributed by atoms with Crippen LogP contribution in [0.1, 0.15) is 27.2 Å². The molecule has 0 saturated carbocycles. The van der Waals surface area contributed by atoms with Crippen molar-refractivity contribution in [2.75, 3.05) is 5.32 Å². The van der Waals surface area contributed by atoms with E-state index in [1.54, 1.807) is 12.1 Å². The van der Waals surface area contributed by atoms with E-state index in [-0.39, 0.29) is 5.82 Å². The molecule has 0 aliphatic carbocycles. The molecule has 0 spiro atoms. The summed E-state index contributed by atoms with van der Waals surface area (Å²) in [4.78, 5) is 0. The Kier molecular flexibility index (Phi) is 5.15. The molecule has 2 aromatic carbocycles. The molecule has 0 aliphatic heterocycles. The lowest BCUT2D eigenvalue weighted by Crippen LogP contribution is -1.97.